The molecule has 2 N–H and O–H groups in total. The van der Waals surface area contributed by atoms with Crippen molar-refractivity contribution in [2.75, 3.05) is 32.1 Å². The van der Waals surface area contributed by atoms with Crippen LogP contribution in [0.1, 0.15) is 25.3 Å². The second-order valence-electron chi connectivity index (χ2n) is 5.85. The van der Waals surface area contributed by atoms with E-state index in [4.69, 9.17) is 4.74 Å². The lowest BCUT2D eigenvalue weighted by molar-refractivity contribution is -0.130. The Bertz CT molecular complexity index is 568. The number of carbonyl (C=O) groups is 2. The SMILES string of the molecule is COc1ncc(C)cc1NC(=O)NCC1CCN(C(C)=O)CC1. The first-order chi connectivity index (χ1) is 11.0. The predicted molar refractivity (Wildman–Crippen MR) is 87.5 cm³/mol. The highest BCUT2D eigenvalue weighted by Crippen LogP contribution is 2.22. The summed E-state index contributed by atoms with van der Waals surface area (Å²) in [5.41, 5.74) is 1.49. The number of pyridine rings is 1. The van der Waals surface area contributed by atoms with E-state index in [0.717, 1.165) is 31.5 Å². The van der Waals surface area contributed by atoms with Crippen LogP contribution >= 0.6 is 0 Å². The minimum Gasteiger partial charge on any atom is -0.480 e. The van der Waals surface area contributed by atoms with Gasteiger partial charge in [0.1, 0.15) is 5.69 Å². The molecule has 0 spiro atoms. The maximum Gasteiger partial charge on any atom is 0.319 e. The highest BCUT2D eigenvalue weighted by molar-refractivity contribution is 5.90. The summed E-state index contributed by atoms with van der Waals surface area (Å²) in [7, 11) is 1.52. The Morgan fingerprint density at radius 3 is 2.70 bits per heavy atom. The molecular formula is C16H24N4O3. The summed E-state index contributed by atoms with van der Waals surface area (Å²) in [5, 5.41) is 5.65. The van der Waals surface area contributed by atoms with Crippen LogP contribution in [-0.2, 0) is 4.79 Å². The molecule has 3 amide bonds. The maximum atomic E-state index is 12.0. The average molecular weight is 320 g/mol. The number of hydrogen-bond donors (Lipinski definition) is 2. The number of nitrogens with zero attached hydrogens (tertiary/aromatic N) is 2. The van der Waals surface area contributed by atoms with Gasteiger partial charge < -0.3 is 20.3 Å². The Morgan fingerprint density at radius 1 is 1.39 bits per heavy atom. The molecule has 2 rings (SSSR count). The topological polar surface area (TPSA) is 83.6 Å². The molecule has 0 saturated carbocycles. The van der Waals surface area contributed by atoms with E-state index in [1.54, 1.807) is 13.1 Å². The van der Waals surface area contributed by atoms with E-state index in [9.17, 15) is 9.59 Å². The van der Waals surface area contributed by atoms with Gasteiger partial charge in [-0.15, -0.1) is 0 Å². The van der Waals surface area contributed by atoms with Gasteiger partial charge in [0.2, 0.25) is 11.8 Å². The molecule has 1 saturated heterocycles. The first kappa shape index (κ1) is 17.1. The zero-order chi connectivity index (χ0) is 16.8. The maximum absolute atomic E-state index is 12.0. The zero-order valence-corrected chi connectivity index (χ0v) is 13.9. The monoisotopic (exact) mass is 320 g/mol. The standard InChI is InChI=1S/C16H24N4O3/c1-11-8-14(15(23-3)17-9-11)19-16(22)18-10-13-4-6-20(7-5-13)12(2)21/h8-9,13H,4-7,10H2,1-3H3,(H2,18,19,22). The Kier molecular flexibility index (Phi) is 5.78. The number of amides is 3. The van der Waals surface area contributed by atoms with Gasteiger partial charge in [0.25, 0.3) is 0 Å². The normalized spacial score (nSPS) is 15.2. The van der Waals surface area contributed by atoms with Crippen molar-refractivity contribution in [1.82, 2.24) is 15.2 Å². The van der Waals surface area contributed by atoms with Crippen LogP contribution < -0.4 is 15.4 Å². The first-order valence-electron chi connectivity index (χ1n) is 7.80. The smallest absolute Gasteiger partial charge is 0.319 e. The molecule has 1 aromatic rings. The van der Waals surface area contributed by atoms with Gasteiger partial charge in [-0.3, -0.25) is 4.79 Å². The summed E-state index contributed by atoms with van der Waals surface area (Å²) in [6, 6.07) is 1.54. The molecule has 0 radical (unpaired) electrons. The summed E-state index contributed by atoms with van der Waals surface area (Å²) < 4.78 is 5.14. The molecule has 7 nitrogen and oxygen atoms in total. The van der Waals surface area contributed by atoms with Crippen LogP contribution in [0.25, 0.3) is 0 Å². The van der Waals surface area contributed by atoms with Gasteiger partial charge >= 0.3 is 6.03 Å². The van der Waals surface area contributed by atoms with Crippen LogP contribution in [0.4, 0.5) is 10.5 Å². The van der Waals surface area contributed by atoms with Gasteiger partial charge in [0.15, 0.2) is 0 Å². The molecule has 1 fully saturated rings. The summed E-state index contributed by atoms with van der Waals surface area (Å²) in [6.45, 7) is 5.62. The van der Waals surface area contributed by atoms with E-state index in [1.807, 2.05) is 17.9 Å². The summed E-state index contributed by atoms with van der Waals surface area (Å²) in [4.78, 5) is 29.3. The van der Waals surface area contributed by atoms with E-state index in [2.05, 4.69) is 15.6 Å². The number of nitrogens with one attached hydrogen (secondary N) is 2. The number of methoxy groups -OCH3 is 1. The molecule has 23 heavy (non-hydrogen) atoms. The second kappa shape index (κ2) is 7.80. The van der Waals surface area contributed by atoms with Crippen molar-refractivity contribution in [2.45, 2.75) is 26.7 Å². The minimum absolute atomic E-state index is 0.119. The molecule has 0 bridgehead atoms. The lowest BCUT2D eigenvalue weighted by Gasteiger charge is -2.31. The summed E-state index contributed by atoms with van der Waals surface area (Å²) in [5.74, 6) is 0.905. The van der Waals surface area contributed by atoms with Gasteiger partial charge in [-0.2, -0.15) is 0 Å². The van der Waals surface area contributed by atoms with Gasteiger partial charge in [-0.25, -0.2) is 9.78 Å². The molecule has 7 heteroatoms. The Morgan fingerprint density at radius 2 is 2.09 bits per heavy atom. The number of hydrogen-bond acceptors (Lipinski definition) is 4. The third-order valence-corrected chi connectivity index (χ3v) is 4.04. The highest BCUT2D eigenvalue weighted by atomic mass is 16.5. The average Bonchev–Trinajstić information content (AvgIpc) is 2.53. The van der Waals surface area contributed by atoms with Crippen molar-refractivity contribution in [2.24, 2.45) is 5.92 Å². The Balaban J connectivity index is 1.80. The fourth-order valence-corrected chi connectivity index (χ4v) is 2.66. The van der Waals surface area contributed by atoms with E-state index < -0.39 is 0 Å². The van der Waals surface area contributed by atoms with Gasteiger partial charge in [-0.1, -0.05) is 0 Å². The van der Waals surface area contributed by atoms with E-state index in [1.165, 1.54) is 7.11 Å². The number of anilines is 1. The van der Waals surface area contributed by atoms with Crippen LogP contribution in [0.5, 0.6) is 5.88 Å². The molecule has 0 unspecified atom stereocenters. The van der Waals surface area contributed by atoms with Crippen molar-refractivity contribution in [3.05, 3.63) is 17.8 Å². The van der Waals surface area contributed by atoms with Crippen molar-refractivity contribution in [1.29, 1.82) is 0 Å². The number of urea groups is 1. The molecule has 0 aliphatic carbocycles. The highest BCUT2D eigenvalue weighted by Gasteiger charge is 2.21. The third kappa shape index (κ3) is 4.84. The molecule has 0 aromatic carbocycles. The van der Waals surface area contributed by atoms with Gasteiger partial charge in [0, 0.05) is 32.8 Å². The lowest BCUT2D eigenvalue weighted by Crippen LogP contribution is -2.41. The third-order valence-electron chi connectivity index (χ3n) is 4.04. The first-order valence-corrected chi connectivity index (χ1v) is 7.80. The summed E-state index contributed by atoms with van der Waals surface area (Å²) in [6.07, 6.45) is 3.51. The Hall–Kier alpha value is -2.31. The predicted octanol–water partition coefficient (Wildman–Crippen LogP) is 1.78. The van der Waals surface area contributed by atoms with E-state index in [0.29, 0.717) is 24.0 Å². The van der Waals surface area contributed by atoms with Crippen LogP contribution in [0.3, 0.4) is 0 Å². The molecule has 1 aliphatic heterocycles. The molecule has 2 heterocycles. The zero-order valence-electron chi connectivity index (χ0n) is 13.9. The molecular weight excluding hydrogens is 296 g/mol. The van der Waals surface area contributed by atoms with Gasteiger partial charge in [0.05, 0.1) is 7.11 Å². The van der Waals surface area contributed by atoms with Crippen molar-refractivity contribution < 1.29 is 14.3 Å². The van der Waals surface area contributed by atoms with Crippen molar-refractivity contribution in [3.8, 4) is 5.88 Å². The van der Waals surface area contributed by atoms with E-state index in [-0.39, 0.29) is 11.9 Å². The summed E-state index contributed by atoms with van der Waals surface area (Å²) >= 11 is 0. The van der Waals surface area contributed by atoms with Crippen molar-refractivity contribution in [3.63, 3.8) is 0 Å². The number of aromatic nitrogens is 1. The fraction of sp³-hybridized carbons (Fsp3) is 0.562. The quantitative estimate of drug-likeness (QED) is 0.886. The number of piperidine rings is 1. The molecule has 126 valence electrons. The number of aryl methyl sites for hydroxylation is 1. The van der Waals surface area contributed by atoms with Crippen molar-refractivity contribution >= 4 is 17.6 Å². The number of carbonyl (C=O) groups excluding carboxylic acids is 2. The number of rotatable bonds is 4. The molecule has 0 atom stereocenters. The van der Waals surface area contributed by atoms with Crippen LogP contribution in [0, 0.1) is 12.8 Å². The van der Waals surface area contributed by atoms with Crippen LogP contribution in [-0.4, -0.2) is 48.6 Å². The number of likely N-dealkylation sites (tertiary alicyclic amines) is 1. The van der Waals surface area contributed by atoms with Crippen LogP contribution in [0.2, 0.25) is 0 Å². The second-order valence-corrected chi connectivity index (χ2v) is 5.85. The van der Waals surface area contributed by atoms with E-state index >= 15 is 0 Å². The molecule has 1 aliphatic rings. The largest absolute Gasteiger partial charge is 0.480 e. The lowest BCUT2D eigenvalue weighted by atomic mass is 9.97. The van der Waals surface area contributed by atoms with Gasteiger partial charge in [-0.05, 0) is 37.3 Å². The minimum atomic E-state index is -0.273. The molecule has 1 aromatic heterocycles. The number of ether oxygens (including phenoxy) is 1. The fourth-order valence-electron chi connectivity index (χ4n) is 2.66. The van der Waals surface area contributed by atoms with Crippen LogP contribution in [0.15, 0.2) is 12.3 Å². The Labute approximate surface area is 136 Å².